The van der Waals surface area contributed by atoms with E-state index in [1.54, 1.807) is 19.1 Å². The lowest BCUT2D eigenvalue weighted by Crippen LogP contribution is -2.59. The average molecular weight is 282 g/mol. The van der Waals surface area contributed by atoms with Crippen LogP contribution in [0.4, 0.5) is 0 Å². The van der Waals surface area contributed by atoms with E-state index in [0.717, 1.165) is 0 Å². The summed E-state index contributed by atoms with van der Waals surface area (Å²) in [7, 11) is 4.17. The van der Waals surface area contributed by atoms with Crippen LogP contribution in [0.3, 0.4) is 0 Å². The number of rotatable bonds is 4. The number of hydrogen-bond acceptors (Lipinski definition) is 3. The van der Waals surface area contributed by atoms with Gasteiger partial charge in [0.05, 0.1) is 26.2 Å². The number of nitrogens with zero attached hydrogens (tertiary/aromatic N) is 1. The number of aliphatic hydroxyl groups is 2. The van der Waals surface area contributed by atoms with Crippen LogP contribution in [-0.4, -0.2) is 46.0 Å². The van der Waals surface area contributed by atoms with E-state index in [1.807, 2.05) is 0 Å². The van der Waals surface area contributed by atoms with Crippen molar-refractivity contribution in [1.29, 1.82) is 0 Å². The number of hydrogen-bond donors (Lipinski definition) is 3. The first-order valence-electron chi connectivity index (χ1n) is 6.89. The number of aliphatic hydroxyl groups excluding tert-OH is 1. The van der Waals surface area contributed by atoms with Gasteiger partial charge in [0.2, 0.25) is 0 Å². The first-order chi connectivity index (χ1) is 8.90. The van der Waals surface area contributed by atoms with Gasteiger partial charge < -0.3 is 19.8 Å². The average Bonchev–Trinajstić information content (AvgIpc) is 2.26. The van der Waals surface area contributed by atoms with E-state index in [4.69, 9.17) is 0 Å². The Kier molecular flexibility index (Phi) is 4.54. The molecule has 0 fully saturated rings. The number of benzene rings is 1. The van der Waals surface area contributed by atoms with E-state index in [0.29, 0.717) is 22.2 Å². The van der Waals surface area contributed by atoms with Gasteiger partial charge in [-0.3, -0.25) is 0 Å². The standard InChI is InChI=1S/C16H27NO3/c1-15(2,3)17(5,6)11-16(4,20)13-7-8-14(19)12(9-13)10-18/h7-9,18,20H,10-11H2,1-6H3/p+1. The zero-order valence-corrected chi connectivity index (χ0v) is 13.4. The van der Waals surface area contributed by atoms with Crippen LogP contribution in [0.2, 0.25) is 0 Å². The second-order valence-corrected chi connectivity index (χ2v) is 7.29. The molecule has 4 heteroatoms. The Bertz CT molecular complexity index is 473. The summed E-state index contributed by atoms with van der Waals surface area (Å²) in [6.07, 6.45) is 0. The van der Waals surface area contributed by atoms with Gasteiger partial charge >= 0.3 is 0 Å². The van der Waals surface area contributed by atoms with Gasteiger partial charge in [-0.1, -0.05) is 6.07 Å². The van der Waals surface area contributed by atoms with Gasteiger partial charge in [0.25, 0.3) is 0 Å². The molecule has 20 heavy (non-hydrogen) atoms. The van der Waals surface area contributed by atoms with Gasteiger partial charge in [-0.15, -0.1) is 0 Å². The number of quaternary nitrogens is 1. The van der Waals surface area contributed by atoms with E-state index in [2.05, 4.69) is 34.9 Å². The molecule has 0 aliphatic rings. The highest BCUT2D eigenvalue weighted by Gasteiger charge is 2.39. The fraction of sp³-hybridized carbons (Fsp3) is 0.625. The summed E-state index contributed by atoms with van der Waals surface area (Å²) >= 11 is 0. The maximum Gasteiger partial charge on any atom is 0.135 e. The van der Waals surface area contributed by atoms with Crippen LogP contribution >= 0.6 is 0 Å². The van der Waals surface area contributed by atoms with Gasteiger partial charge in [0.15, 0.2) is 0 Å². The van der Waals surface area contributed by atoms with Crippen LogP contribution < -0.4 is 0 Å². The normalized spacial score (nSPS) is 16.0. The second kappa shape index (κ2) is 5.35. The lowest BCUT2D eigenvalue weighted by Gasteiger charge is -2.46. The molecule has 0 aliphatic heterocycles. The molecule has 0 saturated carbocycles. The molecule has 0 aliphatic carbocycles. The van der Waals surface area contributed by atoms with Crippen LogP contribution in [0, 0.1) is 0 Å². The minimum atomic E-state index is -1.03. The van der Waals surface area contributed by atoms with Gasteiger partial charge in [0, 0.05) is 5.56 Å². The van der Waals surface area contributed by atoms with Crippen LogP contribution in [0.1, 0.15) is 38.8 Å². The summed E-state index contributed by atoms with van der Waals surface area (Å²) < 4.78 is 0.648. The number of likely N-dealkylation sites (N-methyl/N-ethyl adjacent to an activating group) is 1. The smallest absolute Gasteiger partial charge is 0.135 e. The Morgan fingerprint density at radius 3 is 2.10 bits per heavy atom. The Labute approximate surface area is 121 Å². The highest BCUT2D eigenvalue weighted by atomic mass is 16.3. The third kappa shape index (κ3) is 3.51. The predicted molar refractivity (Wildman–Crippen MR) is 80.3 cm³/mol. The number of phenols is 1. The van der Waals surface area contributed by atoms with Crippen molar-refractivity contribution in [3.8, 4) is 5.75 Å². The molecular weight excluding hydrogens is 254 g/mol. The van der Waals surface area contributed by atoms with Crippen molar-refractivity contribution in [2.45, 2.75) is 45.4 Å². The second-order valence-electron chi connectivity index (χ2n) is 7.29. The van der Waals surface area contributed by atoms with Crippen molar-refractivity contribution in [2.75, 3.05) is 20.6 Å². The lowest BCUT2D eigenvalue weighted by molar-refractivity contribution is -0.941. The largest absolute Gasteiger partial charge is 0.508 e. The topological polar surface area (TPSA) is 60.7 Å². The van der Waals surface area contributed by atoms with Gasteiger partial charge in [-0.25, -0.2) is 0 Å². The Morgan fingerprint density at radius 2 is 1.65 bits per heavy atom. The number of aromatic hydroxyl groups is 1. The fourth-order valence-corrected chi connectivity index (χ4v) is 2.15. The van der Waals surface area contributed by atoms with E-state index in [-0.39, 0.29) is 17.9 Å². The maximum absolute atomic E-state index is 10.8. The lowest BCUT2D eigenvalue weighted by atomic mass is 9.90. The molecule has 1 rings (SSSR count). The summed E-state index contributed by atoms with van der Waals surface area (Å²) in [5.74, 6) is 0.0524. The van der Waals surface area contributed by atoms with E-state index < -0.39 is 5.60 Å². The Hall–Kier alpha value is -1.10. The molecular formula is C16H28NO3+. The molecule has 0 amide bonds. The van der Waals surface area contributed by atoms with E-state index in [1.165, 1.54) is 6.07 Å². The van der Waals surface area contributed by atoms with Crippen LogP contribution in [0.5, 0.6) is 5.75 Å². The molecule has 1 atom stereocenters. The van der Waals surface area contributed by atoms with Crippen molar-refractivity contribution >= 4 is 0 Å². The van der Waals surface area contributed by atoms with Crippen LogP contribution in [0.15, 0.2) is 18.2 Å². The molecule has 0 aromatic heterocycles. The molecule has 0 bridgehead atoms. The van der Waals surface area contributed by atoms with E-state index >= 15 is 0 Å². The first-order valence-corrected chi connectivity index (χ1v) is 6.89. The molecule has 0 radical (unpaired) electrons. The van der Waals surface area contributed by atoms with Crippen molar-refractivity contribution in [3.05, 3.63) is 29.3 Å². The van der Waals surface area contributed by atoms with Crippen molar-refractivity contribution < 1.29 is 19.8 Å². The quantitative estimate of drug-likeness (QED) is 0.740. The summed E-state index contributed by atoms with van der Waals surface area (Å²) in [5, 5.41) is 29.7. The molecule has 4 nitrogen and oxygen atoms in total. The minimum Gasteiger partial charge on any atom is -0.508 e. The van der Waals surface area contributed by atoms with Gasteiger partial charge in [0.1, 0.15) is 17.9 Å². The molecule has 0 saturated heterocycles. The highest BCUT2D eigenvalue weighted by molar-refractivity contribution is 5.37. The van der Waals surface area contributed by atoms with Gasteiger partial charge in [-0.2, -0.15) is 0 Å². The van der Waals surface area contributed by atoms with Gasteiger partial charge in [-0.05, 0) is 45.4 Å². The summed E-state index contributed by atoms with van der Waals surface area (Å²) in [4.78, 5) is 0. The zero-order chi connectivity index (χ0) is 15.8. The predicted octanol–water partition coefficient (Wildman–Crippen LogP) is 1.97. The molecule has 1 unspecified atom stereocenters. The summed E-state index contributed by atoms with van der Waals surface area (Å²) in [5.41, 5.74) is 0.105. The van der Waals surface area contributed by atoms with Crippen LogP contribution in [0.25, 0.3) is 0 Å². The third-order valence-corrected chi connectivity index (χ3v) is 4.39. The summed E-state index contributed by atoms with van der Waals surface area (Å²) in [6.45, 7) is 8.48. The van der Waals surface area contributed by atoms with E-state index in [9.17, 15) is 15.3 Å². The van der Waals surface area contributed by atoms with Crippen molar-refractivity contribution in [2.24, 2.45) is 0 Å². The Balaban J connectivity index is 3.11. The molecule has 114 valence electrons. The molecule has 1 aromatic rings. The maximum atomic E-state index is 10.8. The molecule has 1 aromatic carbocycles. The minimum absolute atomic E-state index is 0.000712. The van der Waals surface area contributed by atoms with Crippen LogP contribution in [-0.2, 0) is 12.2 Å². The summed E-state index contributed by atoms with van der Waals surface area (Å²) in [6, 6.07) is 4.89. The molecule has 0 heterocycles. The van der Waals surface area contributed by atoms with Crippen molar-refractivity contribution in [1.82, 2.24) is 0 Å². The monoisotopic (exact) mass is 282 g/mol. The SMILES string of the molecule is CC(O)(C[N+](C)(C)C(C)(C)C)c1ccc(O)c(CO)c1. The zero-order valence-electron chi connectivity index (χ0n) is 13.4. The van der Waals surface area contributed by atoms with Crippen molar-refractivity contribution in [3.63, 3.8) is 0 Å². The molecule has 3 N–H and O–H groups in total. The highest BCUT2D eigenvalue weighted by Crippen LogP contribution is 2.31. The Morgan fingerprint density at radius 1 is 1.10 bits per heavy atom. The first kappa shape index (κ1) is 17.0. The third-order valence-electron chi connectivity index (χ3n) is 4.39. The molecule has 0 spiro atoms. The fourth-order valence-electron chi connectivity index (χ4n) is 2.15.